The Balaban J connectivity index is 2.62. The van der Waals surface area contributed by atoms with Crippen LogP contribution < -0.4 is 4.74 Å². The molecule has 0 amide bonds. The fraction of sp³-hybridized carbons (Fsp3) is 0.500. The molecule has 1 aliphatic carbocycles. The van der Waals surface area contributed by atoms with E-state index in [4.69, 9.17) is 21.6 Å². The first kappa shape index (κ1) is 12.3. The van der Waals surface area contributed by atoms with Gasteiger partial charge in [-0.05, 0) is 43.9 Å². The van der Waals surface area contributed by atoms with E-state index in [9.17, 15) is 0 Å². The summed E-state index contributed by atoms with van der Waals surface area (Å²) >= 11 is 6.34. The largest absolute Gasteiger partial charge is 0.496 e. The number of hydrogen-bond donors (Lipinski definition) is 0. The minimum absolute atomic E-state index is 0.126. The molecule has 0 spiro atoms. The Morgan fingerprint density at radius 3 is 2.35 bits per heavy atom. The Labute approximate surface area is 107 Å². The van der Waals surface area contributed by atoms with Crippen molar-refractivity contribution >= 4 is 11.6 Å². The van der Waals surface area contributed by atoms with Crippen molar-refractivity contribution in [2.24, 2.45) is 5.92 Å². The number of benzene rings is 1. The van der Waals surface area contributed by atoms with Gasteiger partial charge in [-0.3, -0.25) is 0 Å². The van der Waals surface area contributed by atoms with Gasteiger partial charge in [-0.25, -0.2) is 0 Å². The molecule has 1 fully saturated rings. The summed E-state index contributed by atoms with van der Waals surface area (Å²) in [6.07, 6.45) is 0.923. The number of halogens is 1. The number of methoxy groups -OCH3 is 1. The van der Waals surface area contributed by atoms with Crippen LogP contribution in [0.3, 0.4) is 0 Å². The normalized spacial score (nSPS) is 22.1. The third-order valence-electron chi connectivity index (χ3n) is 3.74. The molecular formula is C14H16ClNO. The van der Waals surface area contributed by atoms with E-state index in [1.807, 2.05) is 20.8 Å². The van der Waals surface area contributed by atoms with Crippen LogP contribution >= 0.6 is 11.6 Å². The smallest absolute Gasteiger partial charge is 0.125 e. The van der Waals surface area contributed by atoms with Crippen LogP contribution in [-0.4, -0.2) is 7.11 Å². The van der Waals surface area contributed by atoms with Crippen molar-refractivity contribution in [2.75, 3.05) is 7.11 Å². The van der Waals surface area contributed by atoms with Crippen LogP contribution in [0.5, 0.6) is 5.75 Å². The van der Waals surface area contributed by atoms with Crippen LogP contribution in [0.4, 0.5) is 0 Å². The van der Waals surface area contributed by atoms with Gasteiger partial charge >= 0.3 is 0 Å². The first-order valence-corrected chi connectivity index (χ1v) is 6.13. The predicted molar refractivity (Wildman–Crippen MR) is 68.7 cm³/mol. The molecule has 90 valence electrons. The molecule has 0 saturated heterocycles. The highest BCUT2D eigenvalue weighted by Crippen LogP contribution is 2.53. The lowest BCUT2D eigenvalue weighted by Crippen LogP contribution is -2.01. The zero-order valence-electron chi connectivity index (χ0n) is 10.6. The summed E-state index contributed by atoms with van der Waals surface area (Å²) in [6, 6.07) is 2.32. The van der Waals surface area contributed by atoms with E-state index in [0.717, 1.165) is 39.4 Å². The van der Waals surface area contributed by atoms with Crippen molar-refractivity contribution in [2.45, 2.75) is 33.1 Å². The highest BCUT2D eigenvalue weighted by Gasteiger charge is 2.42. The maximum Gasteiger partial charge on any atom is 0.125 e. The molecule has 2 rings (SSSR count). The minimum Gasteiger partial charge on any atom is -0.496 e. The van der Waals surface area contributed by atoms with Crippen molar-refractivity contribution in [3.05, 3.63) is 27.3 Å². The standard InChI is InChI=1S/C14H16ClNO/c1-7-8(2)14(17-4)12(9(3)13(7)15)11-5-10(11)6-16/h10-11H,5H2,1-4H3. The third-order valence-corrected chi connectivity index (χ3v) is 4.31. The highest BCUT2D eigenvalue weighted by molar-refractivity contribution is 6.32. The molecule has 0 N–H and O–H groups in total. The van der Waals surface area contributed by atoms with E-state index in [1.165, 1.54) is 0 Å². The molecular weight excluding hydrogens is 234 g/mol. The molecule has 0 bridgehead atoms. The molecule has 2 unspecified atom stereocenters. The van der Waals surface area contributed by atoms with Crippen LogP contribution in [0.2, 0.25) is 5.02 Å². The topological polar surface area (TPSA) is 33.0 Å². The van der Waals surface area contributed by atoms with E-state index in [2.05, 4.69) is 6.07 Å². The lowest BCUT2D eigenvalue weighted by atomic mass is 9.95. The fourth-order valence-corrected chi connectivity index (χ4v) is 2.72. The second-order valence-corrected chi connectivity index (χ2v) is 5.09. The van der Waals surface area contributed by atoms with E-state index in [1.54, 1.807) is 7.11 Å². The average Bonchev–Trinajstić information content (AvgIpc) is 3.09. The molecule has 1 aromatic rings. The Morgan fingerprint density at radius 1 is 1.24 bits per heavy atom. The van der Waals surface area contributed by atoms with Crippen molar-refractivity contribution in [3.8, 4) is 11.8 Å². The third kappa shape index (κ3) is 1.79. The first-order valence-electron chi connectivity index (χ1n) is 5.75. The summed E-state index contributed by atoms with van der Waals surface area (Å²) in [4.78, 5) is 0. The van der Waals surface area contributed by atoms with Crippen LogP contribution in [0, 0.1) is 38.0 Å². The summed E-state index contributed by atoms with van der Waals surface area (Å²) in [6.45, 7) is 6.04. The Morgan fingerprint density at radius 2 is 1.88 bits per heavy atom. The molecule has 17 heavy (non-hydrogen) atoms. The molecule has 0 heterocycles. The number of ether oxygens (including phenoxy) is 1. The summed E-state index contributed by atoms with van der Waals surface area (Å²) < 4.78 is 5.52. The Kier molecular flexibility index (Phi) is 3.05. The van der Waals surface area contributed by atoms with Crippen molar-refractivity contribution in [3.63, 3.8) is 0 Å². The van der Waals surface area contributed by atoms with E-state index in [-0.39, 0.29) is 5.92 Å². The lowest BCUT2D eigenvalue weighted by molar-refractivity contribution is 0.405. The number of nitriles is 1. The van der Waals surface area contributed by atoms with Gasteiger partial charge in [0, 0.05) is 16.5 Å². The number of hydrogen-bond acceptors (Lipinski definition) is 2. The van der Waals surface area contributed by atoms with Crippen LogP contribution in [-0.2, 0) is 0 Å². The number of nitrogens with zero attached hydrogens (tertiary/aromatic N) is 1. The van der Waals surface area contributed by atoms with Crippen LogP contribution in [0.25, 0.3) is 0 Å². The second-order valence-electron chi connectivity index (χ2n) is 4.71. The fourth-order valence-electron chi connectivity index (χ4n) is 2.47. The number of rotatable bonds is 2. The van der Waals surface area contributed by atoms with E-state index >= 15 is 0 Å². The minimum atomic E-state index is 0.126. The van der Waals surface area contributed by atoms with Crippen molar-refractivity contribution in [1.82, 2.24) is 0 Å². The SMILES string of the molecule is COc1c(C)c(C)c(Cl)c(C)c1C1CC1C#N. The van der Waals surface area contributed by atoms with Gasteiger partial charge in [0.05, 0.1) is 19.1 Å². The molecule has 2 nitrogen and oxygen atoms in total. The van der Waals surface area contributed by atoms with Gasteiger partial charge in [0.1, 0.15) is 5.75 Å². The summed E-state index contributed by atoms with van der Waals surface area (Å²) in [7, 11) is 1.68. The molecule has 1 saturated carbocycles. The molecule has 1 aliphatic rings. The van der Waals surface area contributed by atoms with Gasteiger partial charge in [-0.15, -0.1) is 0 Å². The lowest BCUT2D eigenvalue weighted by Gasteiger charge is -2.18. The highest BCUT2D eigenvalue weighted by atomic mass is 35.5. The summed E-state index contributed by atoms with van der Waals surface area (Å²) in [5.41, 5.74) is 4.35. The molecule has 3 heteroatoms. The summed E-state index contributed by atoms with van der Waals surface area (Å²) in [5.74, 6) is 1.33. The van der Waals surface area contributed by atoms with Gasteiger partial charge < -0.3 is 4.74 Å². The van der Waals surface area contributed by atoms with Gasteiger partial charge in [0.25, 0.3) is 0 Å². The van der Waals surface area contributed by atoms with Gasteiger partial charge in [-0.1, -0.05) is 11.6 Å². The van der Waals surface area contributed by atoms with Crippen LogP contribution in [0.1, 0.15) is 34.6 Å². The summed E-state index contributed by atoms with van der Waals surface area (Å²) in [5, 5.41) is 9.77. The Bertz CT molecular complexity index is 516. The monoisotopic (exact) mass is 249 g/mol. The maximum absolute atomic E-state index is 8.96. The average molecular weight is 250 g/mol. The second kappa shape index (κ2) is 4.23. The molecule has 2 atom stereocenters. The molecule has 0 radical (unpaired) electrons. The predicted octanol–water partition coefficient (Wildman–Crippen LogP) is 3.90. The Hall–Kier alpha value is -1.20. The van der Waals surface area contributed by atoms with Crippen LogP contribution in [0.15, 0.2) is 0 Å². The molecule has 0 aromatic heterocycles. The van der Waals surface area contributed by atoms with Gasteiger partial charge in [0.2, 0.25) is 0 Å². The molecule has 0 aliphatic heterocycles. The molecule has 1 aromatic carbocycles. The zero-order valence-corrected chi connectivity index (χ0v) is 11.4. The van der Waals surface area contributed by atoms with E-state index < -0.39 is 0 Å². The first-order chi connectivity index (χ1) is 8.02. The zero-order chi connectivity index (χ0) is 12.7. The van der Waals surface area contributed by atoms with Crippen molar-refractivity contribution in [1.29, 1.82) is 5.26 Å². The van der Waals surface area contributed by atoms with Gasteiger partial charge in [0.15, 0.2) is 0 Å². The van der Waals surface area contributed by atoms with Crippen molar-refractivity contribution < 1.29 is 4.74 Å². The quantitative estimate of drug-likeness (QED) is 0.796. The van der Waals surface area contributed by atoms with Gasteiger partial charge in [-0.2, -0.15) is 5.26 Å². The van der Waals surface area contributed by atoms with E-state index in [0.29, 0.717) is 5.92 Å². The maximum atomic E-state index is 8.96.